The molecule has 22 heavy (non-hydrogen) atoms. The monoisotopic (exact) mass is 356 g/mol. The minimum Gasteiger partial charge on any atom is -0.391 e. The third-order valence-electron chi connectivity index (χ3n) is 2.79. The van der Waals surface area contributed by atoms with E-state index in [2.05, 4.69) is 20.3 Å². The first-order chi connectivity index (χ1) is 10.6. The summed E-state index contributed by atoms with van der Waals surface area (Å²) in [6, 6.07) is 5.24. The van der Waals surface area contributed by atoms with E-state index in [1.807, 2.05) is 19.2 Å². The predicted molar refractivity (Wildman–Crippen MR) is 89.8 cm³/mol. The van der Waals surface area contributed by atoms with Gasteiger partial charge in [-0.25, -0.2) is 4.98 Å². The molecule has 0 aliphatic rings. The van der Waals surface area contributed by atoms with Crippen molar-refractivity contribution >= 4 is 41.2 Å². The van der Waals surface area contributed by atoms with Crippen LogP contribution in [0.5, 0.6) is 0 Å². The first kappa shape index (κ1) is 17.0. The lowest BCUT2D eigenvalue weighted by molar-refractivity contribution is 0.131. The smallest absolute Gasteiger partial charge is 0.209 e. The van der Waals surface area contributed by atoms with Crippen LogP contribution in [-0.2, 0) is 17.9 Å². The molecule has 0 amide bonds. The lowest BCUT2D eigenvalue weighted by Crippen LogP contribution is -2.02. The highest BCUT2D eigenvalue weighted by Gasteiger charge is 2.04. The quantitative estimate of drug-likeness (QED) is 0.445. The fourth-order valence-electron chi connectivity index (χ4n) is 1.60. The van der Waals surface area contributed by atoms with Gasteiger partial charge >= 0.3 is 0 Å². The van der Waals surface area contributed by atoms with E-state index >= 15 is 0 Å². The van der Waals surface area contributed by atoms with Crippen molar-refractivity contribution in [3.05, 3.63) is 45.2 Å². The molecule has 1 heterocycles. The lowest BCUT2D eigenvalue weighted by Gasteiger charge is -2.03. The maximum atomic E-state index is 6.05. The van der Waals surface area contributed by atoms with Crippen molar-refractivity contribution in [1.29, 1.82) is 0 Å². The molecule has 0 saturated carbocycles. The second kappa shape index (κ2) is 8.31. The van der Waals surface area contributed by atoms with Crippen LogP contribution >= 0.6 is 35.0 Å². The molecule has 0 unspecified atom stereocenters. The van der Waals surface area contributed by atoms with Crippen LogP contribution in [0.3, 0.4) is 0 Å². The summed E-state index contributed by atoms with van der Waals surface area (Å²) in [5.74, 6) is 0. The maximum absolute atomic E-state index is 6.05. The van der Waals surface area contributed by atoms with E-state index in [0.717, 1.165) is 17.0 Å². The molecule has 0 aliphatic carbocycles. The molecular weight excluding hydrogens is 343 g/mol. The normalized spacial score (nSPS) is 11.1. The number of nitrogens with zero attached hydrogens (tertiary/aromatic N) is 4. The SMILES string of the molecule is CSc1nnc(C)c(CC=NOCc2ccc(Cl)cc2Cl)n1. The summed E-state index contributed by atoms with van der Waals surface area (Å²) in [6.45, 7) is 2.14. The Bertz CT molecular complexity index is 682. The number of rotatable bonds is 6. The zero-order valence-corrected chi connectivity index (χ0v) is 14.4. The van der Waals surface area contributed by atoms with Gasteiger partial charge in [0.2, 0.25) is 5.16 Å². The first-order valence-electron chi connectivity index (χ1n) is 6.42. The van der Waals surface area contributed by atoms with Crippen molar-refractivity contribution in [2.75, 3.05) is 6.26 Å². The van der Waals surface area contributed by atoms with Crippen LogP contribution in [0.4, 0.5) is 0 Å². The zero-order chi connectivity index (χ0) is 15.9. The van der Waals surface area contributed by atoms with Gasteiger partial charge in [-0.05, 0) is 25.3 Å². The van der Waals surface area contributed by atoms with Gasteiger partial charge in [-0.2, -0.15) is 5.10 Å². The number of oxime groups is 1. The average molecular weight is 357 g/mol. The fraction of sp³-hybridized carbons (Fsp3) is 0.286. The number of hydrogen-bond donors (Lipinski definition) is 0. The first-order valence-corrected chi connectivity index (χ1v) is 8.40. The highest BCUT2D eigenvalue weighted by molar-refractivity contribution is 7.98. The van der Waals surface area contributed by atoms with Crippen molar-refractivity contribution in [2.45, 2.75) is 25.1 Å². The highest BCUT2D eigenvalue weighted by Crippen LogP contribution is 2.21. The molecule has 0 radical (unpaired) electrons. The Morgan fingerprint density at radius 2 is 2.14 bits per heavy atom. The van der Waals surface area contributed by atoms with Crippen LogP contribution < -0.4 is 0 Å². The molecule has 0 saturated heterocycles. The molecule has 0 fully saturated rings. The van der Waals surface area contributed by atoms with E-state index in [-0.39, 0.29) is 6.61 Å². The molecule has 5 nitrogen and oxygen atoms in total. The number of halogens is 2. The number of aryl methyl sites for hydroxylation is 1. The summed E-state index contributed by atoms with van der Waals surface area (Å²) in [5.41, 5.74) is 2.44. The molecule has 0 bridgehead atoms. The average Bonchev–Trinajstić information content (AvgIpc) is 2.50. The van der Waals surface area contributed by atoms with Crippen LogP contribution in [-0.4, -0.2) is 27.7 Å². The second-order valence-electron chi connectivity index (χ2n) is 4.33. The van der Waals surface area contributed by atoms with Gasteiger partial charge in [0.25, 0.3) is 0 Å². The van der Waals surface area contributed by atoms with Gasteiger partial charge < -0.3 is 4.84 Å². The summed E-state index contributed by atoms with van der Waals surface area (Å²) in [4.78, 5) is 9.61. The van der Waals surface area contributed by atoms with E-state index in [9.17, 15) is 0 Å². The highest BCUT2D eigenvalue weighted by atomic mass is 35.5. The van der Waals surface area contributed by atoms with Crippen LogP contribution in [0.2, 0.25) is 10.0 Å². The summed E-state index contributed by atoms with van der Waals surface area (Å²) < 4.78 is 0. The van der Waals surface area contributed by atoms with E-state index in [4.69, 9.17) is 28.0 Å². The Morgan fingerprint density at radius 1 is 1.32 bits per heavy atom. The molecule has 0 aliphatic heterocycles. The summed E-state index contributed by atoms with van der Waals surface area (Å²) in [5, 5.41) is 13.7. The van der Waals surface area contributed by atoms with Crippen molar-refractivity contribution in [3.8, 4) is 0 Å². The van der Waals surface area contributed by atoms with Crippen molar-refractivity contribution in [3.63, 3.8) is 0 Å². The third kappa shape index (κ3) is 4.83. The van der Waals surface area contributed by atoms with Gasteiger partial charge in [-0.1, -0.05) is 46.2 Å². The van der Waals surface area contributed by atoms with Crippen molar-refractivity contribution in [2.24, 2.45) is 5.16 Å². The van der Waals surface area contributed by atoms with Gasteiger partial charge in [-0.3, -0.25) is 0 Å². The minimum atomic E-state index is 0.281. The molecular formula is C14H14Cl2N4OS. The molecule has 8 heteroatoms. The second-order valence-corrected chi connectivity index (χ2v) is 5.95. The Hall–Kier alpha value is -1.37. The van der Waals surface area contributed by atoms with E-state index in [1.54, 1.807) is 18.3 Å². The van der Waals surface area contributed by atoms with Crippen LogP contribution in [0.1, 0.15) is 17.0 Å². The lowest BCUT2D eigenvalue weighted by atomic mass is 10.2. The van der Waals surface area contributed by atoms with Crippen LogP contribution in [0, 0.1) is 6.92 Å². The predicted octanol–water partition coefficient (Wildman–Crippen LogP) is 3.95. The summed E-state index contributed by atoms with van der Waals surface area (Å²) in [6.07, 6.45) is 4.08. The Labute approximate surface area is 143 Å². The molecule has 0 spiro atoms. The van der Waals surface area contributed by atoms with Gasteiger partial charge in [0.15, 0.2) is 0 Å². The molecule has 0 N–H and O–H groups in total. The van der Waals surface area contributed by atoms with Crippen LogP contribution in [0.15, 0.2) is 28.5 Å². The van der Waals surface area contributed by atoms with Gasteiger partial charge in [0, 0.05) is 28.2 Å². The maximum Gasteiger partial charge on any atom is 0.209 e. The minimum absolute atomic E-state index is 0.281. The zero-order valence-electron chi connectivity index (χ0n) is 12.1. The molecule has 1 aromatic heterocycles. The van der Waals surface area contributed by atoms with E-state index in [0.29, 0.717) is 21.6 Å². The third-order valence-corrected chi connectivity index (χ3v) is 3.91. The molecule has 116 valence electrons. The van der Waals surface area contributed by atoms with Gasteiger partial charge in [-0.15, -0.1) is 5.10 Å². The molecule has 2 rings (SSSR count). The molecule has 1 aromatic carbocycles. The Balaban J connectivity index is 1.88. The number of benzene rings is 1. The standard InChI is InChI=1S/C14H14Cl2N4OS/c1-9-13(18-14(22-2)20-19-9)5-6-17-21-8-10-3-4-11(15)7-12(10)16/h3-4,6-7H,5,8H2,1-2H3. The summed E-state index contributed by atoms with van der Waals surface area (Å²) >= 11 is 13.3. The molecule has 0 atom stereocenters. The molecule has 2 aromatic rings. The summed E-state index contributed by atoms with van der Waals surface area (Å²) in [7, 11) is 0. The Morgan fingerprint density at radius 3 is 2.86 bits per heavy atom. The van der Waals surface area contributed by atoms with Gasteiger partial charge in [0.05, 0.1) is 11.4 Å². The fourth-order valence-corrected chi connectivity index (χ4v) is 2.38. The van der Waals surface area contributed by atoms with Crippen molar-refractivity contribution < 1.29 is 4.84 Å². The van der Waals surface area contributed by atoms with Gasteiger partial charge in [0.1, 0.15) is 6.61 Å². The number of aromatic nitrogens is 3. The topological polar surface area (TPSA) is 60.3 Å². The number of hydrogen-bond acceptors (Lipinski definition) is 6. The van der Waals surface area contributed by atoms with Crippen molar-refractivity contribution in [1.82, 2.24) is 15.2 Å². The largest absolute Gasteiger partial charge is 0.391 e. The number of thioether (sulfide) groups is 1. The van der Waals surface area contributed by atoms with Crippen LogP contribution in [0.25, 0.3) is 0 Å². The van der Waals surface area contributed by atoms with E-state index < -0.39 is 0 Å². The Kier molecular flexibility index (Phi) is 6.42. The van der Waals surface area contributed by atoms with E-state index in [1.165, 1.54) is 11.8 Å².